The van der Waals surface area contributed by atoms with E-state index in [0.717, 1.165) is 12.1 Å². The Morgan fingerprint density at radius 3 is 2.38 bits per heavy atom. The normalized spacial score (nSPS) is 12.4. The molecule has 0 radical (unpaired) electrons. The van der Waals surface area contributed by atoms with Gasteiger partial charge < -0.3 is 14.9 Å². The highest BCUT2D eigenvalue weighted by Crippen LogP contribution is 2.30. The van der Waals surface area contributed by atoms with Crippen molar-refractivity contribution < 1.29 is 32.4 Å². The monoisotopic (exact) mass is 534 g/mol. The third kappa shape index (κ3) is 5.37. The van der Waals surface area contributed by atoms with Gasteiger partial charge in [0.1, 0.15) is 6.26 Å². The molecule has 1 amide bonds. The lowest BCUT2D eigenvalue weighted by Gasteiger charge is -2.16. The first kappa shape index (κ1) is 25.7. The van der Waals surface area contributed by atoms with E-state index in [-0.39, 0.29) is 12.0 Å². The van der Waals surface area contributed by atoms with Crippen molar-refractivity contribution in [2.75, 3.05) is 0 Å². The Kier molecular flexibility index (Phi) is 6.65. The van der Waals surface area contributed by atoms with Gasteiger partial charge in [-0.3, -0.25) is 4.79 Å². The molecule has 5 rings (SSSR count). The summed E-state index contributed by atoms with van der Waals surface area (Å²) in [4.78, 5) is 24.7. The summed E-state index contributed by atoms with van der Waals surface area (Å²) >= 11 is 0. The van der Waals surface area contributed by atoms with Crippen molar-refractivity contribution in [3.63, 3.8) is 0 Å². The SMILES string of the molecule is CC(NC(=O)c1cc(-c2cnoc2)cn2ncc(Cc3ccc(C(F)(F)F)cc3)c12)c1ccc(C(=O)O)cc1. The van der Waals surface area contributed by atoms with Crippen LogP contribution in [0.3, 0.4) is 0 Å². The summed E-state index contributed by atoms with van der Waals surface area (Å²) in [6.45, 7) is 1.77. The first-order valence-electron chi connectivity index (χ1n) is 11.8. The van der Waals surface area contributed by atoms with E-state index >= 15 is 0 Å². The van der Waals surface area contributed by atoms with Crippen molar-refractivity contribution in [3.8, 4) is 11.1 Å². The average Bonchev–Trinajstić information content (AvgIpc) is 3.59. The van der Waals surface area contributed by atoms with Gasteiger partial charge in [-0.1, -0.05) is 29.4 Å². The van der Waals surface area contributed by atoms with Crippen LogP contribution in [0.2, 0.25) is 0 Å². The lowest BCUT2D eigenvalue weighted by Crippen LogP contribution is -2.27. The fourth-order valence-corrected chi connectivity index (χ4v) is 4.30. The zero-order chi connectivity index (χ0) is 27.7. The summed E-state index contributed by atoms with van der Waals surface area (Å²) in [5.74, 6) is -1.46. The fraction of sp³-hybridized carbons (Fsp3) is 0.143. The van der Waals surface area contributed by atoms with Crippen LogP contribution in [0.5, 0.6) is 0 Å². The van der Waals surface area contributed by atoms with Gasteiger partial charge in [-0.05, 0) is 48.4 Å². The van der Waals surface area contributed by atoms with Crippen LogP contribution in [0.25, 0.3) is 16.6 Å². The molecule has 0 spiro atoms. The van der Waals surface area contributed by atoms with E-state index in [2.05, 4.69) is 15.6 Å². The van der Waals surface area contributed by atoms with Crippen molar-refractivity contribution in [1.82, 2.24) is 20.1 Å². The summed E-state index contributed by atoms with van der Waals surface area (Å²) in [6.07, 6.45) is 2.04. The number of hydrogen-bond donors (Lipinski definition) is 2. The van der Waals surface area contributed by atoms with Crippen molar-refractivity contribution in [2.45, 2.75) is 25.6 Å². The second kappa shape index (κ2) is 10.1. The maximum absolute atomic E-state index is 13.6. The first-order chi connectivity index (χ1) is 18.6. The molecule has 39 heavy (non-hydrogen) atoms. The number of nitrogens with one attached hydrogen (secondary N) is 1. The van der Waals surface area contributed by atoms with Gasteiger partial charge in [-0.25, -0.2) is 9.31 Å². The van der Waals surface area contributed by atoms with Gasteiger partial charge in [-0.2, -0.15) is 18.3 Å². The maximum atomic E-state index is 13.6. The van der Waals surface area contributed by atoms with E-state index in [1.54, 1.807) is 42.0 Å². The molecule has 0 fully saturated rings. The molecule has 1 unspecified atom stereocenters. The predicted molar refractivity (Wildman–Crippen MR) is 134 cm³/mol. The number of nitrogens with zero attached hydrogens (tertiary/aromatic N) is 3. The van der Waals surface area contributed by atoms with Gasteiger partial charge in [-0.15, -0.1) is 0 Å². The van der Waals surface area contributed by atoms with Crippen LogP contribution < -0.4 is 5.32 Å². The minimum absolute atomic E-state index is 0.132. The number of carboxylic acid groups (broad SMARTS) is 1. The molecule has 0 aliphatic heterocycles. The van der Waals surface area contributed by atoms with E-state index < -0.39 is 29.7 Å². The Hall–Kier alpha value is -4.93. The van der Waals surface area contributed by atoms with Gasteiger partial charge in [0, 0.05) is 29.3 Å². The summed E-state index contributed by atoms with van der Waals surface area (Å²) < 4.78 is 45.5. The van der Waals surface area contributed by atoms with E-state index in [0.29, 0.717) is 38.9 Å². The Balaban J connectivity index is 1.50. The van der Waals surface area contributed by atoms with Crippen LogP contribution in [0.15, 0.2) is 84.0 Å². The zero-order valence-electron chi connectivity index (χ0n) is 20.4. The van der Waals surface area contributed by atoms with Gasteiger partial charge in [0.05, 0.1) is 40.6 Å². The number of fused-ring (bicyclic) bond motifs is 1. The van der Waals surface area contributed by atoms with E-state index in [4.69, 9.17) is 9.63 Å². The topological polar surface area (TPSA) is 110 Å². The Bertz CT molecular complexity index is 1640. The summed E-state index contributed by atoms with van der Waals surface area (Å²) in [6, 6.07) is 12.3. The first-order valence-corrected chi connectivity index (χ1v) is 11.8. The van der Waals surface area contributed by atoms with E-state index in [1.807, 2.05) is 0 Å². The number of hydrogen-bond acceptors (Lipinski definition) is 5. The molecular formula is C28H21F3N4O4. The predicted octanol–water partition coefficient (Wildman–Crippen LogP) is 5.79. The number of aromatic carboxylic acids is 1. The molecule has 2 N–H and O–H groups in total. The van der Waals surface area contributed by atoms with Crippen molar-refractivity contribution >= 4 is 17.4 Å². The van der Waals surface area contributed by atoms with Crippen LogP contribution in [-0.4, -0.2) is 31.8 Å². The van der Waals surface area contributed by atoms with Gasteiger partial charge in [0.25, 0.3) is 5.91 Å². The molecule has 3 aromatic heterocycles. The number of amides is 1. The van der Waals surface area contributed by atoms with Crippen molar-refractivity contribution in [2.24, 2.45) is 0 Å². The second-order valence-corrected chi connectivity index (χ2v) is 9.01. The van der Waals surface area contributed by atoms with Gasteiger partial charge >= 0.3 is 12.1 Å². The van der Waals surface area contributed by atoms with Crippen LogP contribution in [0.4, 0.5) is 13.2 Å². The highest BCUT2D eigenvalue weighted by atomic mass is 19.4. The molecule has 0 bridgehead atoms. The number of pyridine rings is 1. The number of aromatic nitrogens is 3. The van der Waals surface area contributed by atoms with Crippen LogP contribution in [0.1, 0.15) is 55.9 Å². The number of carbonyl (C=O) groups excluding carboxylic acids is 1. The minimum atomic E-state index is -4.43. The Morgan fingerprint density at radius 2 is 1.77 bits per heavy atom. The Morgan fingerprint density at radius 1 is 1.05 bits per heavy atom. The number of carboxylic acids is 1. The number of rotatable bonds is 7. The molecule has 0 aliphatic rings. The summed E-state index contributed by atoms with van der Waals surface area (Å²) in [5, 5.41) is 20.2. The lowest BCUT2D eigenvalue weighted by molar-refractivity contribution is -0.137. The highest BCUT2D eigenvalue weighted by Gasteiger charge is 2.30. The summed E-state index contributed by atoms with van der Waals surface area (Å²) in [5.41, 5.74) is 3.41. The molecule has 1 atom stereocenters. The molecule has 0 aliphatic carbocycles. The number of alkyl halides is 3. The number of halogens is 3. The molecule has 11 heteroatoms. The van der Waals surface area contributed by atoms with E-state index in [1.165, 1.54) is 36.7 Å². The van der Waals surface area contributed by atoms with E-state index in [9.17, 15) is 22.8 Å². The molecule has 3 heterocycles. The largest absolute Gasteiger partial charge is 0.478 e. The van der Waals surface area contributed by atoms with Gasteiger partial charge in [0.2, 0.25) is 0 Å². The zero-order valence-corrected chi connectivity index (χ0v) is 20.4. The van der Waals surface area contributed by atoms with Crippen LogP contribution in [-0.2, 0) is 12.6 Å². The van der Waals surface area contributed by atoms with Crippen LogP contribution >= 0.6 is 0 Å². The highest BCUT2D eigenvalue weighted by molar-refractivity contribution is 6.03. The Labute approximate surface area is 219 Å². The molecule has 5 aromatic rings. The molecule has 198 valence electrons. The quantitative estimate of drug-likeness (QED) is 0.274. The van der Waals surface area contributed by atoms with Crippen molar-refractivity contribution in [3.05, 3.63) is 113 Å². The average molecular weight is 534 g/mol. The molecule has 2 aromatic carbocycles. The third-order valence-corrected chi connectivity index (χ3v) is 6.38. The summed E-state index contributed by atoms with van der Waals surface area (Å²) in [7, 11) is 0. The molecule has 0 saturated carbocycles. The number of carbonyl (C=O) groups is 2. The minimum Gasteiger partial charge on any atom is -0.478 e. The molecular weight excluding hydrogens is 513 g/mol. The third-order valence-electron chi connectivity index (χ3n) is 6.38. The smallest absolute Gasteiger partial charge is 0.416 e. The second-order valence-electron chi connectivity index (χ2n) is 9.01. The van der Waals surface area contributed by atoms with Crippen molar-refractivity contribution in [1.29, 1.82) is 0 Å². The molecule has 0 saturated heterocycles. The lowest BCUT2D eigenvalue weighted by atomic mass is 10.0. The van der Waals surface area contributed by atoms with Crippen LogP contribution in [0, 0.1) is 0 Å². The standard InChI is InChI=1S/C28H21F3N4O4/c1-16(18-4-6-19(7-5-18)27(37)38)34-26(36)24-11-21(22-13-33-39-15-22)14-35-25(24)20(12-32-35)10-17-2-8-23(9-3-17)28(29,30)31/h2-9,11-16H,10H2,1H3,(H,34,36)(H,37,38). The molecule has 8 nitrogen and oxygen atoms in total. The van der Waals surface area contributed by atoms with Gasteiger partial charge in [0.15, 0.2) is 0 Å². The fourth-order valence-electron chi connectivity index (χ4n) is 4.30. The maximum Gasteiger partial charge on any atom is 0.416 e. The number of benzene rings is 2.